The Balaban J connectivity index is 1.40. The Morgan fingerprint density at radius 1 is 0.966 bits per heavy atom. The van der Waals surface area contributed by atoms with Crippen LogP contribution in [0.25, 0.3) is 0 Å². The minimum absolute atomic E-state index is 0.123. The van der Waals surface area contributed by atoms with E-state index in [9.17, 15) is 9.59 Å². The van der Waals surface area contributed by atoms with Gasteiger partial charge in [0.15, 0.2) is 0 Å². The number of benzene rings is 1. The second-order valence-corrected chi connectivity index (χ2v) is 9.12. The van der Waals surface area contributed by atoms with Crippen LogP contribution in [0.3, 0.4) is 0 Å². The average Bonchev–Trinajstić information content (AvgIpc) is 2.78. The van der Waals surface area contributed by atoms with Crippen LogP contribution in [0.4, 0.5) is 0 Å². The molecule has 1 aromatic rings. The Morgan fingerprint density at radius 3 is 2.21 bits per heavy atom. The van der Waals surface area contributed by atoms with Crippen LogP contribution in [0.2, 0.25) is 0 Å². The molecule has 1 aromatic carbocycles. The monoisotopic (exact) mass is 398 g/mol. The normalized spacial score (nSPS) is 23.0. The van der Waals surface area contributed by atoms with E-state index < -0.39 is 0 Å². The lowest BCUT2D eigenvalue weighted by atomic mass is 9.80. The van der Waals surface area contributed by atoms with Crippen molar-refractivity contribution in [3.05, 3.63) is 35.9 Å². The third kappa shape index (κ3) is 6.07. The zero-order valence-electron chi connectivity index (χ0n) is 18.3. The van der Waals surface area contributed by atoms with Crippen molar-refractivity contribution in [2.45, 2.75) is 64.7 Å². The van der Waals surface area contributed by atoms with Crippen LogP contribution in [0.5, 0.6) is 0 Å². The predicted molar refractivity (Wildman–Crippen MR) is 117 cm³/mol. The van der Waals surface area contributed by atoms with E-state index in [0.29, 0.717) is 11.8 Å². The van der Waals surface area contributed by atoms with Crippen molar-refractivity contribution in [1.29, 1.82) is 0 Å². The smallest absolute Gasteiger partial charge is 0.225 e. The summed E-state index contributed by atoms with van der Waals surface area (Å²) in [6, 6.07) is 10.7. The van der Waals surface area contributed by atoms with Crippen molar-refractivity contribution in [3.8, 4) is 0 Å². The lowest BCUT2D eigenvalue weighted by molar-refractivity contribution is -0.141. The Kier molecular flexibility index (Phi) is 8.14. The predicted octanol–water partition coefficient (Wildman–Crippen LogP) is 4.53. The van der Waals surface area contributed by atoms with Gasteiger partial charge in [-0.2, -0.15) is 0 Å². The topological polar surface area (TPSA) is 40.6 Å². The standard InChI is InChI=1S/C25H38N2O2/c1-3-4-16-26(2)24(28)22-10-12-23(13-11-22)25(29)27-17-14-21(15-18-27)19-20-8-6-5-7-9-20/h5-9,21-23H,3-4,10-19H2,1-2H3. The van der Waals surface area contributed by atoms with Crippen LogP contribution in [-0.2, 0) is 16.0 Å². The number of likely N-dealkylation sites (tertiary alicyclic amines) is 1. The Morgan fingerprint density at radius 2 is 1.59 bits per heavy atom. The maximum atomic E-state index is 13.0. The fourth-order valence-corrected chi connectivity index (χ4v) is 4.97. The number of carbonyl (C=O) groups is 2. The zero-order chi connectivity index (χ0) is 20.6. The van der Waals surface area contributed by atoms with Gasteiger partial charge in [-0.25, -0.2) is 0 Å². The lowest BCUT2D eigenvalue weighted by Crippen LogP contribution is -2.44. The van der Waals surface area contributed by atoms with Crippen LogP contribution in [0.1, 0.15) is 63.9 Å². The molecule has 0 spiro atoms. The van der Waals surface area contributed by atoms with Crippen LogP contribution >= 0.6 is 0 Å². The second-order valence-electron chi connectivity index (χ2n) is 9.12. The van der Waals surface area contributed by atoms with E-state index in [4.69, 9.17) is 0 Å². The molecule has 160 valence electrons. The lowest BCUT2D eigenvalue weighted by Gasteiger charge is -2.36. The molecule has 1 saturated heterocycles. The van der Waals surface area contributed by atoms with Gasteiger partial charge in [0.05, 0.1) is 0 Å². The summed E-state index contributed by atoms with van der Waals surface area (Å²) in [5, 5.41) is 0. The van der Waals surface area contributed by atoms with Gasteiger partial charge in [0.1, 0.15) is 0 Å². The van der Waals surface area contributed by atoms with Crippen LogP contribution in [-0.4, -0.2) is 48.3 Å². The summed E-state index contributed by atoms with van der Waals surface area (Å²) in [5.41, 5.74) is 1.41. The number of hydrogen-bond donors (Lipinski definition) is 0. The number of rotatable bonds is 7. The van der Waals surface area contributed by atoms with Gasteiger partial charge in [0.25, 0.3) is 0 Å². The van der Waals surface area contributed by atoms with E-state index in [1.807, 2.05) is 11.9 Å². The summed E-state index contributed by atoms with van der Waals surface area (Å²) in [4.78, 5) is 29.6. The summed E-state index contributed by atoms with van der Waals surface area (Å²) >= 11 is 0. The molecule has 29 heavy (non-hydrogen) atoms. The van der Waals surface area contributed by atoms with Gasteiger partial charge < -0.3 is 9.80 Å². The molecule has 0 unspecified atom stereocenters. The SMILES string of the molecule is CCCCN(C)C(=O)C1CCC(C(=O)N2CCC(Cc3ccccc3)CC2)CC1. The van der Waals surface area contributed by atoms with Crippen molar-refractivity contribution in [2.75, 3.05) is 26.7 Å². The molecule has 2 fully saturated rings. The minimum Gasteiger partial charge on any atom is -0.346 e. The fraction of sp³-hybridized carbons (Fsp3) is 0.680. The summed E-state index contributed by atoms with van der Waals surface area (Å²) < 4.78 is 0. The van der Waals surface area contributed by atoms with E-state index in [1.54, 1.807) is 0 Å². The molecule has 1 aliphatic carbocycles. The van der Waals surface area contributed by atoms with Crippen molar-refractivity contribution in [3.63, 3.8) is 0 Å². The number of amides is 2. The van der Waals surface area contributed by atoms with Crippen molar-refractivity contribution < 1.29 is 9.59 Å². The maximum Gasteiger partial charge on any atom is 0.225 e. The van der Waals surface area contributed by atoms with Crippen LogP contribution < -0.4 is 0 Å². The average molecular weight is 399 g/mol. The Bertz CT molecular complexity index is 644. The second kappa shape index (κ2) is 10.8. The molecular weight excluding hydrogens is 360 g/mol. The molecule has 2 amide bonds. The first kappa shape index (κ1) is 21.9. The van der Waals surface area contributed by atoms with Crippen molar-refractivity contribution in [1.82, 2.24) is 9.80 Å². The van der Waals surface area contributed by atoms with Gasteiger partial charge in [0.2, 0.25) is 11.8 Å². The first-order valence-corrected chi connectivity index (χ1v) is 11.7. The molecular formula is C25H38N2O2. The molecule has 0 aromatic heterocycles. The highest BCUT2D eigenvalue weighted by molar-refractivity contribution is 5.81. The van der Waals surface area contributed by atoms with Crippen LogP contribution in [0, 0.1) is 17.8 Å². The van der Waals surface area contributed by atoms with Gasteiger partial charge in [0, 0.05) is 38.5 Å². The van der Waals surface area contributed by atoms with E-state index in [-0.39, 0.29) is 17.7 Å². The third-order valence-corrected chi connectivity index (χ3v) is 6.94. The number of carbonyl (C=O) groups excluding carboxylic acids is 2. The quantitative estimate of drug-likeness (QED) is 0.677. The Labute approximate surface area is 176 Å². The number of nitrogens with zero attached hydrogens (tertiary/aromatic N) is 2. The highest BCUT2D eigenvalue weighted by atomic mass is 16.2. The van der Waals surface area contributed by atoms with Crippen molar-refractivity contribution >= 4 is 11.8 Å². The molecule has 0 atom stereocenters. The summed E-state index contributed by atoms with van der Waals surface area (Å²) in [6.07, 6.45) is 9.01. The minimum atomic E-state index is 0.123. The summed E-state index contributed by atoms with van der Waals surface area (Å²) in [5.74, 6) is 1.57. The Hall–Kier alpha value is -1.84. The van der Waals surface area contributed by atoms with E-state index >= 15 is 0 Å². The highest BCUT2D eigenvalue weighted by Crippen LogP contribution is 2.32. The fourth-order valence-electron chi connectivity index (χ4n) is 4.97. The number of piperidine rings is 1. The summed E-state index contributed by atoms with van der Waals surface area (Å²) in [7, 11) is 1.93. The molecule has 1 saturated carbocycles. The largest absolute Gasteiger partial charge is 0.346 e. The van der Waals surface area contributed by atoms with Gasteiger partial charge in [-0.3, -0.25) is 9.59 Å². The maximum absolute atomic E-state index is 13.0. The molecule has 3 rings (SSSR count). The van der Waals surface area contributed by atoms with E-state index in [2.05, 4.69) is 42.2 Å². The van der Waals surface area contributed by atoms with Crippen molar-refractivity contribution in [2.24, 2.45) is 17.8 Å². The molecule has 0 bridgehead atoms. The van der Waals surface area contributed by atoms with Gasteiger partial charge in [-0.05, 0) is 62.8 Å². The number of unbranched alkanes of at least 4 members (excludes halogenated alkanes) is 1. The first-order chi connectivity index (χ1) is 14.1. The van der Waals surface area contributed by atoms with E-state index in [0.717, 1.165) is 77.4 Å². The molecule has 0 N–H and O–H groups in total. The molecule has 1 heterocycles. The van der Waals surface area contributed by atoms with Gasteiger partial charge in [-0.15, -0.1) is 0 Å². The molecule has 2 aliphatic rings. The molecule has 4 nitrogen and oxygen atoms in total. The first-order valence-electron chi connectivity index (χ1n) is 11.7. The molecule has 4 heteroatoms. The molecule has 1 aliphatic heterocycles. The van der Waals surface area contributed by atoms with Gasteiger partial charge in [-0.1, -0.05) is 43.7 Å². The molecule has 0 radical (unpaired) electrons. The van der Waals surface area contributed by atoms with Gasteiger partial charge >= 0.3 is 0 Å². The van der Waals surface area contributed by atoms with E-state index in [1.165, 1.54) is 5.56 Å². The summed E-state index contributed by atoms with van der Waals surface area (Å²) in [6.45, 7) is 4.80. The third-order valence-electron chi connectivity index (χ3n) is 6.94. The highest BCUT2D eigenvalue weighted by Gasteiger charge is 2.34. The number of hydrogen-bond acceptors (Lipinski definition) is 2. The zero-order valence-corrected chi connectivity index (χ0v) is 18.3. The van der Waals surface area contributed by atoms with Crippen LogP contribution in [0.15, 0.2) is 30.3 Å².